The van der Waals surface area contributed by atoms with Gasteiger partial charge in [0.15, 0.2) is 0 Å². The van der Waals surface area contributed by atoms with Gasteiger partial charge < -0.3 is 25.6 Å². The van der Waals surface area contributed by atoms with E-state index in [1.165, 1.54) is 0 Å². The van der Waals surface area contributed by atoms with Crippen molar-refractivity contribution in [2.75, 3.05) is 25.0 Å². The molecule has 1 aliphatic heterocycles. The highest BCUT2D eigenvalue weighted by molar-refractivity contribution is 5.99. The first kappa shape index (κ1) is 15.4. The Balaban J connectivity index is 2.10. The summed E-state index contributed by atoms with van der Waals surface area (Å²) in [6, 6.07) is 1.59. The lowest BCUT2D eigenvalue weighted by molar-refractivity contribution is 0.0692. The van der Waals surface area contributed by atoms with Crippen LogP contribution in [0.3, 0.4) is 0 Å². The number of piperidine rings is 1. The van der Waals surface area contributed by atoms with Crippen molar-refractivity contribution in [3.05, 3.63) is 17.5 Å². The van der Waals surface area contributed by atoms with E-state index >= 15 is 0 Å². The van der Waals surface area contributed by atoms with Crippen molar-refractivity contribution in [1.82, 2.24) is 15.2 Å². The molecule has 0 aliphatic carbocycles. The van der Waals surface area contributed by atoms with Crippen molar-refractivity contribution in [3.63, 3.8) is 0 Å². The van der Waals surface area contributed by atoms with E-state index in [1.807, 2.05) is 6.92 Å². The van der Waals surface area contributed by atoms with E-state index in [1.54, 1.807) is 17.9 Å². The van der Waals surface area contributed by atoms with Crippen LogP contribution in [0.2, 0.25) is 0 Å². The van der Waals surface area contributed by atoms with Crippen molar-refractivity contribution >= 4 is 17.7 Å². The second-order valence-corrected chi connectivity index (χ2v) is 5.24. The molecule has 1 aliphatic rings. The molecule has 2 heterocycles. The van der Waals surface area contributed by atoms with E-state index in [2.05, 4.69) is 15.6 Å². The topological polar surface area (TPSA) is 97.5 Å². The number of aryl methyl sites for hydroxylation is 1. The summed E-state index contributed by atoms with van der Waals surface area (Å²) in [4.78, 5) is 28.1. The highest BCUT2D eigenvalue weighted by Crippen LogP contribution is 2.19. The number of carbonyl (C=O) groups excluding carboxylic acids is 1. The number of H-pyrrole nitrogens is 1. The minimum absolute atomic E-state index is 0.0159. The predicted molar refractivity (Wildman–Crippen MR) is 79.8 cm³/mol. The van der Waals surface area contributed by atoms with Crippen LogP contribution in [0.15, 0.2) is 6.07 Å². The summed E-state index contributed by atoms with van der Waals surface area (Å²) in [5.41, 5.74) is 1.03. The van der Waals surface area contributed by atoms with Crippen LogP contribution in [0.4, 0.5) is 10.5 Å². The van der Waals surface area contributed by atoms with E-state index in [9.17, 15) is 9.59 Å². The van der Waals surface area contributed by atoms with Crippen LogP contribution in [0, 0.1) is 6.92 Å². The average molecular weight is 294 g/mol. The lowest BCUT2D eigenvalue weighted by atomic mass is 10.1. The fourth-order valence-corrected chi connectivity index (χ4v) is 2.73. The molecule has 0 aromatic carbocycles. The third-order valence-corrected chi connectivity index (χ3v) is 3.76. The van der Waals surface area contributed by atoms with Crippen LogP contribution in [0.25, 0.3) is 0 Å². The molecule has 1 fully saturated rings. The molecular weight excluding hydrogens is 272 g/mol. The highest BCUT2D eigenvalue weighted by Gasteiger charge is 2.25. The van der Waals surface area contributed by atoms with E-state index in [0.29, 0.717) is 17.9 Å². The summed E-state index contributed by atoms with van der Waals surface area (Å²) in [6.45, 7) is 6.09. The van der Waals surface area contributed by atoms with Gasteiger partial charge in [0, 0.05) is 18.3 Å². The third kappa shape index (κ3) is 3.55. The standard InChI is InChI=1S/C14H22N4O3/c1-3-18(10-4-6-15-7-5-10)14(21)17-11-8-9(2)16-12(11)13(19)20/h8,10,15-16H,3-7H2,1-2H3,(H,17,21)(H,19,20). The van der Waals surface area contributed by atoms with Crippen molar-refractivity contribution in [2.24, 2.45) is 0 Å². The minimum Gasteiger partial charge on any atom is -0.477 e. The fourth-order valence-electron chi connectivity index (χ4n) is 2.73. The van der Waals surface area contributed by atoms with Gasteiger partial charge in [-0.3, -0.25) is 0 Å². The van der Waals surface area contributed by atoms with Gasteiger partial charge in [0.05, 0.1) is 5.69 Å². The van der Waals surface area contributed by atoms with E-state index in [4.69, 9.17) is 5.11 Å². The molecule has 116 valence electrons. The summed E-state index contributed by atoms with van der Waals surface area (Å²) in [5.74, 6) is -1.08. The van der Waals surface area contributed by atoms with Gasteiger partial charge in [-0.15, -0.1) is 0 Å². The van der Waals surface area contributed by atoms with Crippen LogP contribution >= 0.6 is 0 Å². The first-order chi connectivity index (χ1) is 10.0. The molecular formula is C14H22N4O3. The number of carboxylic acids is 1. The van der Waals surface area contributed by atoms with Gasteiger partial charge >= 0.3 is 12.0 Å². The number of hydrogen-bond acceptors (Lipinski definition) is 3. The molecule has 0 unspecified atom stereocenters. The number of carboxylic acid groups (broad SMARTS) is 1. The Morgan fingerprint density at radius 3 is 2.67 bits per heavy atom. The van der Waals surface area contributed by atoms with Crippen molar-refractivity contribution < 1.29 is 14.7 Å². The normalized spacial score (nSPS) is 15.7. The second kappa shape index (κ2) is 6.62. The molecule has 1 aromatic rings. The molecule has 7 heteroatoms. The molecule has 7 nitrogen and oxygen atoms in total. The number of urea groups is 1. The molecule has 0 bridgehead atoms. The first-order valence-corrected chi connectivity index (χ1v) is 7.24. The Labute approximate surface area is 123 Å². The summed E-state index contributed by atoms with van der Waals surface area (Å²) < 4.78 is 0. The lowest BCUT2D eigenvalue weighted by Crippen LogP contribution is -2.47. The Kier molecular flexibility index (Phi) is 4.85. The van der Waals surface area contributed by atoms with Gasteiger partial charge in [-0.25, -0.2) is 9.59 Å². The first-order valence-electron chi connectivity index (χ1n) is 7.24. The smallest absolute Gasteiger partial charge is 0.354 e. The second-order valence-electron chi connectivity index (χ2n) is 5.24. The van der Waals surface area contributed by atoms with Gasteiger partial charge in [-0.2, -0.15) is 0 Å². The van der Waals surface area contributed by atoms with E-state index in [0.717, 1.165) is 25.9 Å². The van der Waals surface area contributed by atoms with E-state index in [-0.39, 0.29) is 17.8 Å². The maximum absolute atomic E-state index is 12.4. The van der Waals surface area contributed by atoms with Crippen LogP contribution in [-0.4, -0.2) is 52.7 Å². The number of hydrogen-bond donors (Lipinski definition) is 4. The summed E-state index contributed by atoms with van der Waals surface area (Å²) in [7, 11) is 0. The summed E-state index contributed by atoms with van der Waals surface area (Å²) >= 11 is 0. The Morgan fingerprint density at radius 2 is 2.10 bits per heavy atom. The number of rotatable bonds is 4. The van der Waals surface area contributed by atoms with E-state index < -0.39 is 5.97 Å². The number of carbonyl (C=O) groups is 2. The molecule has 2 rings (SSSR count). The van der Waals surface area contributed by atoms with Crippen molar-refractivity contribution in [3.8, 4) is 0 Å². The zero-order chi connectivity index (χ0) is 15.4. The molecule has 1 saturated heterocycles. The predicted octanol–water partition coefficient (Wildman–Crippen LogP) is 1.63. The van der Waals surface area contributed by atoms with Gasteiger partial charge in [0.25, 0.3) is 0 Å². The lowest BCUT2D eigenvalue weighted by Gasteiger charge is -2.33. The number of anilines is 1. The number of aromatic nitrogens is 1. The Hall–Kier alpha value is -2.02. The SMILES string of the molecule is CCN(C(=O)Nc1cc(C)[nH]c1C(=O)O)C1CCNCC1. The molecule has 1 aromatic heterocycles. The fraction of sp³-hybridized carbons (Fsp3) is 0.571. The van der Waals surface area contributed by atoms with Gasteiger partial charge in [-0.1, -0.05) is 0 Å². The van der Waals surface area contributed by atoms with Gasteiger partial charge in [0.2, 0.25) is 0 Å². The van der Waals surface area contributed by atoms with Crippen LogP contribution < -0.4 is 10.6 Å². The number of aromatic amines is 1. The highest BCUT2D eigenvalue weighted by atomic mass is 16.4. The van der Waals surface area contributed by atoms with Crippen LogP contribution in [0.5, 0.6) is 0 Å². The molecule has 0 saturated carbocycles. The molecule has 0 spiro atoms. The Bertz CT molecular complexity index is 520. The molecule has 0 radical (unpaired) electrons. The third-order valence-electron chi connectivity index (χ3n) is 3.76. The van der Waals surface area contributed by atoms with Crippen molar-refractivity contribution in [1.29, 1.82) is 0 Å². The average Bonchev–Trinajstić information content (AvgIpc) is 2.82. The number of amides is 2. The number of nitrogens with zero attached hydrogens (tertiary/aromatic N) is 1. The quantitative estimate of drug-likeness (QED) is 0.678. The summed E-state index contributed by atoms with van der Waals surface area (Å²) in [6.07, 6.45) is 1.83. The molecule has 21 heavy (non-hydrogen) atoms. The minimum atomic E-state index is -1.08. The van der Waals surface area contributed by atoms with Gasteiger partial charge in [0.1, 0.15) is 5.69 Å². The number of nitrogens with one attached hydrogen (secondary N) is 3. The Morgan fingerprint density at radius 1 is 1.43 bits per heavy atom. The monoisotopic (exact) mass is 294 g/mol. The van der Waals surface area contributed by atoms with Crippen molar-refractivity contribution in [2.45, 2.75) is 32.7 Å². The zero-order valence-electron chi connectivity index (χ0n) is 12.4. The van der Waals surface area contributed by atoms with Gasteiger partial charge in [-0.05, 0) is 45.8 Å². The number of aromatic carboxylic acids is 1. The summed E-state index contributed by atoms with van der Waals surface area (Å²) in [5, 5.41) is 15.1. The van der Waals surface area contributed by atoms with Crippen LogP contribution in [0.1, 0.15) is 35.9 Å². The maximum atomic E-state index is 12.4. The zero-order valence-corrected chi connectivity index (χ0v) is 12.4. The van der Waals surface area contributed by atoms with Crippen LogP contribution in [-0.2, 0) is 0 Å². The molecule has 4 N–H and O–H groups in total. The molecule has 0 atom stereocenters. The molecule has 2 amide bonds. The maximum Gasteiger partial charge on any atom is 0.354 e. The largest absolute Gasteiger partial charge is 0.477 e.